The van der Waals surface area contributed by atoms with Crippen LogP contribution >= 0.6 is 0 Å². The lowest BCUT2D eigenvalue weighted by Crippen LogP contribution is -2.36. The molecule has 0 aromatic heterocycles. The third-order valence-corrected chi connectivity index (χ3v) is 5.40. The Hall–Kier alpha value is -2.82. The van der Waals surface area contributed by atoms with E-state index in [0.717, 1.165) is 35.3 Å². The Kier molecular flexibility index (Phi) is 6.69. The van der Waals surface area contributed by atoms with Gasteiger partial charge in [-0.15, -0.1) is 0 Å². The second kappa shape index (κ2) is 9.40. The summed E-state index contributed by atoms with van der Waals surface area (Å²) in [7, 11) is 0. The molecule has 0 spiro atoms. The van der Waals surface area contributed by atoms with Gasteiger partial charge in [-0.3, -0.25) is 9.59 Å². The number of anilines is 2. The summed E-state index contributed by atoms with van der Waals surface area (Å²) in [4.78, 5) is 24.8. The highest BCUT2D eigenvalue weighted by Gasteiger charge is 2.16. The van der Waals surface area contributed by atoms with Gasteiger partial charge < -0.3 is 16.0 Å². The standard InChI is InChI=1S/C23H29N3O2/c1-16-8-6-13-21(17(16)2)26-22(27)15-24-20-12-7-9-18(14-20)23(28)25-19-10-4-3-5-11-19/h6-9,12-14,19,24H,3-5,10-11,15H2,1-2H3,(H,25,28)(H,26,27). The van der Waals surface area contributed by atoms with Crippen molar-refractivity contribution in [3.63, 3.8) is 0 Å². The summed E-state index contributed by atoms with van der Waals surface area (Å²) in [6, 6.07) is 13.4. The van der Waals surface area contributed by atoms with E-state index in [1.54, 1.807) is 12.1 Å². The van der Waals surface area contributed by atoms with Crippen LogP contribution in [-0.2, 0) is 4.79 Å². The predicted octanol–water partition coefficient (Wildman–Crippen LogP) is 4.42. The fraction of sp³-hybridized carbons (Fsp3) is 0.391. The van der Waals surface area contributed by atoms with Crippen LogP contribution in [0.1, 0.15) is 53.6 Å². The van der Waals surface area contributed by atoms with Crippen molar-refractivity contribution >= 4 is 23.2 Å². The lowest BCUT2D eigenvalue weighted by atomic mass is 9.95. The van der Waals surface area contributed by atoms with Gasteiger partial charge in [0.25, 0.3) is 5.91 Å². The molecule has 1 saturated carbocycles. The van der Waals surface area contributed by atoms with Crippen molar-refractivity contribution in [1.82, 2.24) is 5.32 Å². The Morgan fingerprint density at radius 3 is 2.54 bits per heavy atom. The number of hydrogen-bond donors (Lipinski definition) is 3. The van der Waals surface area contributed by atoms with Crippen LogP contribution in [0.25, 0.3) is 0 Å². The van der Waals surface area contributed by atoms with Crippen molar-refractivity contribution in [1.29, 1.82) is 0 Å². The van der Waals surface area contributed by atoms with Crippen LogP contribution in [0.2, 0.25) is 0 Å². The van der Waals surface area contributed by atoms with Crippen molar-refractivity contribution in [3.8, 4) is 0 Å². The minimum absolute atomic E-state index is 0.0459. The van der Waals surface area contributed by atoms with E-state index in [4.69, 9.17) is 0 Å². The van der Waals surface area contributed by atoms with Gasteiger partial charge in [0.05, 0.1) is 6.54 Å². The summed E-state index contributed by atoms with van der Waals surface area (Å²) in [6.45, 7) is 4.15. The second-order valence-electron chi connectivity index (χ2n) is 7.54. The summed E-state index contributed by atoms with van der Waals surface area (Å²) in [5, 5.41) is 9.16. The quantitative estimate of drug-likeness (QED) is 0.696. The molecule has 2 aromatic carbocycles. The lowest BCUT2D eigenvalue weighted by Gasteiger charge is -2.22. The van der Waals surface area contributed by atoms with Gasteiger partial charge in [-0.2, -0.15) is 0 Å². The van der Waals surface area contributed by atoms with E-state index in [9.17, 15) is 9.59 Å². The molecule has 1 fully saturated rings. The average Bonchev–Trinajstić information content (AvgIpc) is 2.71. The predicted molar refractivity (Wildman–Crippen MR) is 114 cm³/mol. The molecule has 5 nitrogen and oxygen atoms in total. The molecular formula is C23H29N3O2. The summed E-state index contributed by atoms with van der Waals surface area (Å²) in [5.74, 6) is -0.166. The molecule has 148 valence electrons. The first kappa shape index (κ1) is 19.9. The number of aryl methyl sites for hydroxylation is 1. The highest BCUT2D eigenvalue weighted by molar-refractivity contribution is 5.96. The summed E-state index contributed by atoms with van der Waals surface area (Å²) >= 11 is 0. The average molecular weight is 380 g/mol. The van der Waals surface area contributed by atoms with Gasteiger partial charge in [-0.1, -0.05) is 37.5 Å². The van der Waals surface area contributed by atoms with Gasteiger partial charge in [-0.25, -0.2) is 0 Å². The third-order valence-electron chi connectivity index (χ3n) is 5.40. The Labute approximate surface area is 166 Å². The number of hydrogen-bond acceptors (Lipinski definition) is 3. The van der Waals surface area contributed by atoms with Gasteiger partial charge in [0.15, 0.2) is 0 Å². The maximum atomic E-state index is 12.5. The van der Waals surface area contributed by atoms with E-state index >= 15 is 0 Å². The van der Waals surface area contributed by atoms with Gasteiger partial charge in [0, 0.05) is 23.0 Å². The molecule has 3 N–H and O–H groups in total. The number of amides is 2. The van der Waals surface area contributed by atoms with Crippen molar-refractivity contribution < 1.29 is 9.59 Å². The van der Waals surface area contributed by atoms with Crippen molar-refractivity contribution in [2.75, 3.05) is 17.2 Å². The van der Waals surface area contributed by atoms with Crippen LogP contribution in [0.3, 0.4) is 0 Å². The molecule has 3 rings (SSSR count). The van der Waals surface area contributed by atoms with Gasteiger partial charge >= 0.3 is 0 Å². The minimum atomic E-state index is -0.120. The first-order chi connectivity index (χ1) is 13.5. The topological polar surface area (TPSA) is 70.2 Å². The zero-order valence-electron chi connectivity index (χ0n) is 16.7. The molecule has 2 amide bonds. The fourth-order valence-corrected chi connectivity index (χ4v) is 3.55. The van der Waals surface area contributed by atoms with Crippen molar-refractivity contribution in [3.05, 3.63) is 59.2 Å². The molecule has 5 heteroatoms. The molecule has 0 unspecified atom stereocenters. The van der Waals surface area contributed by atoms with Gasteiger partial charge in [0.1, 0.15) is 0 Å². The van der Waals surface area contributed by atoms with E-state index < -0.39 is 0 Å². The summed E-state index contributed by atoms with van der Waals surface area (Å²) < 4.78 is 0. The molecule has 0 bridgehead atoms. The zero-order chi connectivity index (χ0) is 19.9. The summed E-state index contributed by atoms with van der Waals surface area (Å²) in [6.07, 6.45) is 5.74. The molecule has 1 aliphatic carbocycles. The number of rotatable bonds is 6. The van der Waals surface area contributed by atoms with Gasteiger partial charge in [0.2, 0.25) is 5.91 Å². The highest BCUT2D eigenvalue weighted by Crippen LogP contribution is 2.19. The van der Waals surface area contributed by atoms with Crippen LogP contribution in [0, 0.1) is 13.8 Å². The molecule has 1 aliphatic rings. The lowest BCUT2D eigenvalue weighted by molar-refractivity contribution is -0.114. The Morgan fingerprint density at radius 1 is 1.00 bits per heavy atom. The summed E-state index contributed by atoms with van der Waals surface area (Å²) in [5.41, 5.74) is 4.41. The second-order valence-corrected chi connectivity index (χ2v) is 7.54. The molecule has 0 radical (unpaired) electrons. The Balaban J connectivity index is 1.54. The molecule has 2 aromatic rings. The van der Waals surface area contributed by atoms with E-state index in [1.807, 2.05) is 44.2 Å². The van der Waals surface area contributed by atoms with E-state index in [-0.39, 0.29) is 24.4 Å². The van der Waals surface area contributed by atoms with Crippen molar-refractivity contribution in [2.45, 2.75) is 52.0 Å². The number of nitrogens with one attached hydrogen (secondary N) is 3. The first-order valence-corrected chi connectivity index (χ1v) is 10.0. The monoisotopic (exact) mass is 379 g/mol. The third kappa shape index (κ3) is 5.35. The molecule has 0 aliphatic heterocycles. The van der Waals surface area contributed by atoms with Crippen LogP contribution < -0.4 is 16.0 Å². The molecular weight excluding hydrogens is 350 g/mol. The van der Waals surface area contributed by atoms with E-state index in [1.165, 1.54) is 19.3 Å². The SMILES string of the molecule is Cc1cccc(NC(=O)CNc2cccc(C(=O)NC3CCCCC3)c2)c1C. The normalized spacial score (nSPS) is 14.4. The van der Waals surface area contributed by atoms with Crippen LogP contribution in [0.15, 0.2) is 42.5 Å². The maximum Gasteiger partial charge on any atom is 0.251 e. The highest BCUT2D eigenvalue weighted by atomic mass is 16.2. The minimum Gasteiger partial charge on any atom is -0.376 e. The number of carbonyl (C=O) groups excluding carboxylic acids is 2. The zero-order valence-corrected chi connectivity index (χ0v) is 16.7. The van der Waals surface area contributed by atoms with Crippen LogP contribution in [-0.4, -0.2) is 24.4 Å². The molecule has 0 heterocycles. The smallest absolute Gasteiger partial charge is 0.251 e. The van der Waals surface area contributed by atoms with Crippen LogP contribution in [0.4, 0.5) is 11.4 Å². The van der Waals surface area contributed by atoms with Crippen molar-refractivity contribution in [2.24, 2.45) is 0 Å². The molecule has 0 saturated heterocycles. The molecule has 28 heavy (non-hydrogen) atoms. The van der Waals surface area contributed by atoms with Gasteiger partial charge in [-0.05, 0) is 62.1 Å². The van der Waals surface area contributed by atoms with Crippen LogP contribution in [0.5, 0.6) is 0 Å². The number of benzene rings is 2. The Bertz CT molecular complexity index is 841. The fourth-order valence-electron chi connectivity index (χ4n) is 3.55. The van der Waals surface area contributed by atoms with E-state index in [2.05, 4.69) is 16.0 Å². The largest absolute Gasteiger partial charge is 0.376 e. The van der Waals surface area contributed by atoms with E-state index in [0.29, 0.717) is 5.56 Å². The Morgan fingerprint density at radius 2 is 1.75 bits per heavy atom. The first-order valence-electron chi connectivity index (χ1n) is 10.0. The molecule has 0 atom stereocenters. The number of carbonyl (C=O) groups is 2. The maximum absolute atomic E-state index is 12.5.